The van der Waals surface area contributed by atoms with Crippen LogP contribution in [0.3, 0.4) is 0 Å². The second kappa shape index (κ2) is 7.43. The topological polar surface area (TPSA) is 110 Å². The SMILES string of the molecule is CC(C)(O)C#Cc1cc2c(cn1)c(CCC(C)(C)O)cn2-c1nc(N)ncc1F. The summed E-state index contributed by atoms with van der Waals surface area (Å²) in [4.78, 5) is 12.1. The minimum atomic E-state index is -1.16. The number of hydrogen-bond acceptors (Lipinski definition) is 6. The van der Waals surface area contributed by atoms with Crippen molar-refractivity contribution in [3.63, 3.8) is 0 Å². The van der Waals surface area contributed by atoms with Crippen LogP contribution in [0, 0.1) is 17.7 Å². The predicted octanol–water partition coefficient (Wildman–Crippen LogP) is 2.36. The van der Waals surface area contributed by atoms with Gasteiger partial charge in [-0.1, -0.05) is 5.92 Å². The Morgan fingerprint density at radius 2 is 1.90 bits per heavy atom. The summed E-state index contributed by atoms with van der Waals surface area (Å²) in [6.45, 7) is 6.63. The van der Waals surface area contributed by atoms with E-state index in [0.29, 0.717) is 24.1 Å². The number of nitrogens with zero attached hydrogens (tertiary/aromatic N) is 4. The molecule has 0 fully saturated rings. The molecule has 152 valence electrons. The molecule has 0 unspecified atom stereocenters. The van der Waals surface area contributed by atoms with E-state index in [-0.39, 0.29) is 11.8 Å². The molecule has 29 heavy (non-hydrogen) atoms. The highest BCUT2D eigenvalue weighted by Gasteiger charge is 2.19. The monoisotopic (exact) mass is 397 g/mol. The van der Waals surface area contributed by atoms with Crippen molar-refractivity contribution >= 4 is 16.9 Å². The van der Waals surface area contributed by atoms with E-state index in [1.165, 1.54) is 0 Å². The number of nitrogens with two attached hydrogens (primary N) is 1. The van der Waals surface area contributed by atoms with Crippen LogP contribution in [0.15, 0.2) is 24.7 Å². The first-order valence-electron chi connectivity index (χ1n) is 9.19. The summed E-state index contributed by atoms with van der Waals surface area (Å²) in [5.74, 6) is 4.90. The minimum Gasteiger partial charge on any atom is -0.390 e. The summed E-state index contributed by atoms with van der Waals surface area (Å²) in [6.07, 6.45) is 5.51. The first-order valence-corrected chi connectivity index (χ1v) is 9.19. The third-order valence-electron chi connectivity index (χ3n) is 4.25. The third-order valence-corrected chi connectivity index (χ3v) is 4.25. The number of nitrogen functional groups attached to an aromatic ring is 1. The molecule has 0 spiro atoms. The number of fused-ring (bicyclic) bond motifs is 1. The highest BCUT2D eigenvalue weighted by atomic mass is 19.1. The Bertz CT molecular complexity index is 1110. The molecular weight excluding hydrogens is 373 g/mol. The van der Waals surface area contributed by atoms with E-state index >= 15 is 0 Å². The van der Waals surface area contributed by atoms with Gasteiger partial charge in [-0.05, 0) is 58.1 Å². The minimum absolute atomic E-state index is 0.0182. The van der Waals surface area contributed by atoms with E-state index in [9.17, 15) is 14.6 Å². The number of rotatable bonds is 4. The van der Waals surface area contributed by atoms with Gasteiger partial charge < -0.3 is 15.9 Å². The highest BCUT2D eigenvalue weighted by molar-refractivity contribution is 5.85. The van der Waals surface area contributed by atoms with Crippen LogP contribution in [0.1, 0.15) is 45.4 Å². The number of aliphatic hydroxyl groups is 2. The number of aryl methyl sites for hydroxylation is 1. The lowest BCUT2D eigenvalue weighted by molar-refractivity contribution is 0.0715. The fourth-order valence-electron chi connectivity index (χ4n) is 2.83. The quantitative estimate of drug-likeness (QED) is 0.583. The van der Waals surface area contributed by atoms with Gasteiger partial charge in [0.05, 0.1) is 17.3 Å². The van der Waals surface area contributed by atoms with E-state index < -0.39 is 17.0 Å². The van der Waals surface area contributed by atoms with Gasteiger partial charge >= 0.3 is 0 Å². The fourth-order valence-corrected chi connectivity index (χ4v) is 2.83. The number of anilines is 1. The Morgan fingerprint density at radius 3 is 2.55 bits per heavy atom. The van der Waals surface area contributed by atoms with E-state index in [1.54, 1.807) is 50.7 Å². The van der Waals surface area contributed by atoms with Gasteiger partial charge in [0.2, 0.25) is 5.95 Å². The maximum Gasteiger partial charge on any atom is 0.222 e. The van der Waals surface area contributed by atoms with Crippen LogP contribution in [-0.4, -0.2) is 40.9 Å². The van der Waals surface area contributed by atoms with Crippen molar-refractivity contribution < 1.29 is 14.6 Å². The normalized spacial score (nSPS) is 12.1. The lowest BCUT2D eigenvalue weighted by atomic mass is 9.99. The Kier molecular flexibility index (Phi) is 5.30. The first kappa shape index (κ1) is 20.7. The molecule has 0 aliphatic heterocycles. The molecule has 0 saturated heterocycles. The summed E-state index contributed by atoms with van der Waals surface area (Å²) >= 11 is 0. The molecule has 7 nitrogen and oxygen atoms in total. The fraction of sp³-hybridized carbons (Fsp3) is 0.381. The summed E-state index contributed by atoms with van der Waals surface area (Å²) < 4.78 is 16.0. The number of pyridine rings is 1. The van der Waals surface area contributed by atoms with Crippen LogP contribution in [-0.2, 0) is 6.42 Å². The molecule has 8 heteroatoms. The third kappa shape index (κ3) is 5.08. The molecule has 4 N–H and O–H groups in total. The second-order valence-electron chi connectivity index (χ2n) is 8.13. The summed E-state index contributed by atoms with van der Waals surface area (Å²) in [6, 6.07) is 1.71. The van der Waals surface area contributed by atoms with E-state index in [1.807, 2.05) is 0 Å². The van der Waals surface area contributed by atoms with Crippen molar-refractivity contribution in [2.45, 2.75) is 51.7 Å². The zero-order chi connectivity index (χ0) is 21.4. The van der Waals surface area contributed by atoms with Crippen LogP contribution in [0.25, 0.3) is 16.7 Å². The first-order chi connectivity index (χ1) is 13.4. The maximum atomic E-state index is 14.5. The van der Waals surface area contributed by atoms with Crippen molar-refractivity contribution in [1.29, 1.82) is 0 Å². The van der Waals surface area contributed by atoms with Gasteiger partial charge in [0, 0.05) is 17.8 Å². The molecule has 3 aromatic heterocycles. The van der Waals surface area contributed by atoms with Gasteiger partial charge in [0.25, 0.3) is 0 Å². The Hall–Kier alpha value is -3.02. The van der Waals surface area contributed by atoms with Gasteiger partial charge in [-0.3, -0.25) is 4.57 Å². The molecule has 0 aliphatic carbocycles. The van der Waals surface area contributed by atoms with Crippen molar-refractivity contribution in [3.8, 4) is 17.7 Å². The van der Waals surface area contributed by atoms with Crippen LogP contribution in [0.2, 0.25) is 0 Å². The number of hydrogen-bond donors (Lipinski definition) is 3. The molecule has 0 radical (unpaired) electrons. The standard InChI is InChI=1S/C21H24FN5O2/c1-20(2,28)7-5-13-12-27(18-16(22)11-25-19(23)26-18)17-9-14(24-10-15(13)17)6-8-21(3,4)29/h9-12,28-29H,5,7H2,1-4H3,(H2,23,25,26). The second-order valence-corrected chi connectivity index (χ2v) is 8.13. The van der Waals surface area contributed by atoms with Gasteiger partial charge in [0.15, 0.2) is 11.6 Å². The van der Waals surface area contributed by atoms with Gasteiger partial charge in [0.1, 0.15) is 11.3 Å². The molecule has 3 aromatic rings. The zero-order valence-corrected chi connectivity index (χ0v) is 16.9. The summed E-state index contributed by atoms with van der Waals surface area (Å²) in [7, 11) is 0. The van der Waals surface area contributed by atoms with Crippen LogP contribution in [0.4, 0.5) is 10.3 Å². The lowest BCUT2D eigenvalue weighted by Gasteiger charge is -2.16. The van der Waals surface area contributed by atoms with Gasteiger partial charge in [-0.2, -0.15) is 4.98 Å². The molecule has 0 bridgehead atoms. The number of aromatic nitrogens is 4. The van der Waals surface area contributed by atoms with Gasteiger partial charge in [-0.25, -0.2) is 14.4 Å². The molecule has 0 atom stereocenters. The summed E-state index contributed by atoms with van der Waals surface area (Å²) in [5, 5.41) is 20.7. The van der Waals surface area contributed by atoms with Crippen molar-refractivity contribution in [3.05, 3.63) is 41.7 Å². The maximum absolute atomic E-state index is 14.5. The molecule has 0 amide bonds. The Labute approximate surface area is 168 Å². The Balaban J connectivity index is 2.18. The zero-order valence-electron chi connectivity index (χ0n) is 16.9. The molecule has 0 saturated carbocycles. The van der Waals surface area contributed by atoms with Crippen molar-refractivity contribution in [1.82, 2.24) is 19.5 Å². The van der Waals surface area contributed by atoms with Crippen molar-refractivity contribution in [2.24, 2.45) is 0 Å². The largest absolute Gasteiger partial charge is 0.390 e. The molecule has 3 heterocycles. The smallest absolute Gasteiger partial charge is 0.222 e. The average molecular weight is 397 g/mol. The number of halogens is 1. The van der Waals surface area contributed by atoms with Crippen LogP contribution >= 0.6 is 0 Å². The molecule has 0 aromatic carbocycles. The van der Waals surface area contributed by atoms with E-state index in [0.717, 1.165) is 17.1 Å². The predicted molar refractivity (Wildman–Crippen MR) is 109 cm³/mol. The van der Waals surface area contributed by atoms with Gasteiger partial charge in [-0.15, -0.1) is 0 Å². The van der Waals surface area contributed by atoms with E-state index in [2.05, 4.69) is 26.8 Å². The lowest BCUT2D eigenvalue weighted by Crippen LogP contribution is -2.19. The average Bonchev–Trinajstić information content (AvgIpc) is 2.97. The van der Waals surface area contributed by atoms with Crippen LogP contribution in [0.5, 0.6) is 0 Å². The molecular formula is C21H24FN5O2. The summed E-state index contributed by atoms with van der Waals surface area (Å²) in [5.41, 5.74) is 5.60. The van der Waals surface area contributed by atoms with E-state index in [4.69, 9.17) is 5.73 Å². The molecule has 3 rings (SSSR count). The van der Waals surface area contributed by atoms with Crippen molar-refractivity contribution in [2.75, 3.05) is 5.73 Å². The highest BCUT2D eigenvalue weighted by Crippen LogP contribution is 2.28. The molecule has 0 aliphatic rings. The van der Waals surface area contributed by atoms with Crippen LogP contribution < -0.4 is 5.73 Å². The Morgan fingerprint density at radius 1 is 1.17 bits per heavy atom.